The lowest BCUT2D eigenvalue weighted by Gasteiger charge is -2.35. The summed E-state index contributed by atoms with van der Waals surface area (Å²) in [5, 5.41) is 8.77. The van der Waals surface area contributed by atoms with Crippen LogP contribution in [0.15, 0.2) is 0 Å². The van der Waals surface area contributed by atoms with Crippen LogP contribution in [0.1, 0.15) is 26.2 Å². The van der Waals surface area contributed by atoms with Crippen molar-refractivity contribution in [2.45, 2.75) is 31.8 Å². The van der Waals surface area contributed by atoms with Crippen molar-refractivity contribution in [1.29, 1.82) is 0 Å². The number of ether oxygens (including phenoxy) is 1. The van der Waals surface area contributed by atoms with Crippen LogP contribution >= 0.6 is 11.8 Å². The van der Waals surface area contributed by atoms with Crippen molar-refractivity contribution in [1.82, 2.24) is 0 Å². The molecule has 76 valence electrons. The van der Waals surface area contributed by atoms with E-state index in [2.05, 4.69) is 0 Å². The van der Waals surface area contributed by atoms with Crippen molar-refractivity contribution in [3.63, 3.8) is 0 Å². The monoisotopic (exact) mass is 204 g/mol. The molecule has 1 unspecified atom stereocenters. The van der Waals surface area contributed by atoms with E-state index in [0.29, 0.717) is 6.61 Å². The number of rotatable bonds is 4. The second kappa shape index (κ2) is 4.86. The maximum Gasteiger partial charge on any atom is 0.306 e. The number of carboxylic acid groups (broad SMARTS) is 1. The van der Waals surface area contributed by atoms with E-state index in [-0.39, 0.29) is 12.0 Å². The van der Waals surface area contributed by atoms with Gasteiger partial charge < -0.3 is 9.84 Å². The number of carbonyl (C=O) groups is 1. The molecule has 3 nitrogen and oxygen atoms in total. The molecule has 1 N–H and O–H groups in total. The number of aliphatic carboxylic acids is 1. The standard InChI is InChI=1S/C9H16O3S/c1-2-12-9(6-8(10)11)4-3-5-13-7-9/h2-7H2,1H3,(H,10,11). The molecule has 0 saturated carbocycles. The number of hydrogen-bond acceptors (Lipinski definition) is 3. The highest BCUT2D eigenvalue weighted by Crippen LogP contribution is 2.32. The minimum absolute atomic E-state index is 0.147. The van der Waals surface area contributed by atoms with Crippen LogP contribution in [-0.2, 0) is 9.53 Å². The zero-order valence-corrected chi connectivity index (χ0v) is 8.73. The van der Waals surface area contributed by atoms with Gasteiger partial charge in [-0.1, -0.05) is 0 Å². The molecule has 1 atom stereocenters. The Morgan fingerprint density at radius 3 is 2.92 bits per heavy atom. The van der Waals surface area contributed by atoms with Gasteiger partial charge in [-0.25, -0.2) is 0 Å². The second-order valence-electron chi connectivity index (χ2n) is 3.34. The first-order chi connectivity index (χ1) is 6.18. The van der Waals surface area contributed by atoms with Gasteiger partial charge in [0, 0.05) is 12.4 Å². The third kappa shape index (κ3) is 3.19. The van der Waals surface area contributed by atoms with Crippen LogP contribution in [0, 0.1) is 0 Å². The molecule has 0 spiro atoms. The predicted octanol–water partition coefficient (Wildman–Crippen LogP) is 1.76. The SMILES string of the molecule is CCOC1(CC(=O)O)CCCSC1. The van der Waals surface area contributed by atoms with Gasteiger partial charge in [0.25, 0.3) is 0 Å². The van der Waals surface area contributed by atoms with Crippen molar-refractivity contribution in [2.24, 2.45) is 0 Å². The fraction of sp³-hybridized carbons (Fsp3) is 0.889. The van der Waals surface area contributed by atoms with Crippen molar-refractivity contribution >= 4 is 17.7 Å². The Balaban J connectivity index is 2.55. The zero-order chi connectivity index (χ0) is 9.73. The van der Waals surface area contributed by atoms with E-state index in [9.17, 15) is 4.79 Å². The minimum atomic E-state index is -0.754. The Bertz CT molecular complexity index is 170. The van der Waals surface area contributed by atoms with Crippen LogP contribution in [0.3, 0.4) is 0 Å². The van der Waals surface area contributed by atoms with Gasteiger partial charge >= 0.3 is 5.97 Å². The van der Waals surface area contributed by atoms with Crippen LogP contribution in [0.2, 0.25) is 0 Å². The summed E-state index contributed by atoms with van der Waals surface area (Å²) in [4.78, 5) is 10.7. The van der Waals surface area contributed by atoms with Crippen LogP contribution in [0.4, 0.5) is 0 Å². The highest BCUT2D eigenvalue weighted by atomic mass is 32.2. The molecule has 1 rings (SSSR count). The first-order valence-electron chi connectivity index (χ1n) is 4.62. The van der Waals surface area contributed by atoms with Gasteiger partial charge in [-0.05, 0) is 25.5 Å². The normalized spacial score (nSPS) is 28.7. The Hall–Kier alpha value is -0.220. The van der Waals surface area contributed by atoms with Crippen molar-refractivity contribution in [2.75, 3.05) is 18.1 Å². The number of carboxylic acids is 1. The van der Waals surface area contributed by atoms with E-state index in [1.54, 1.807) is 11.8 Å². The Labute approximate surface area is 82.8 Å². The molecule has 1 aliphatic rings. The minimum Gasteiger partial charge on any atom is -0.481 e. The van der Waals surface area contributed by atoms with Crippen molar-refractivity contribution in [3.8, 4) is 0 Å². The summed E-state index contributed by atoms with van der Waals surface area (Å²) in [6.07, 6.45) is 2.10. The molecule has 1 heterocycles. The molecular formula is C9H16O3S. The smallest absolute Gasteiger partial charge is 0.306 e. The third-order valence-electron chi connectivity index (χ3n) is 2.21. The highest BCUT2D eigenvalue weighted by molar-refractivity contribution is 7.99. The Morgan fingerprint density at radius 1 is 1.69 bits per heavy atom. The summed E-state index contributed by atoms with van der Waals surface area (Å²) in [6.45, 7) is 2.52. The molecule has 0 aromatic heterocycles. The quantitative estimate of drug-likeness (QED) is 0.758. The van der Waals surface area contributed by atoms with E-state index in [0.717, 1.165) is 24.3 Å². The molecule has 1 fully saturated rings. The topological polar surface area (TPSA) is 46.5 Å². The summed E-state index contributed by atoms with van der Waals surface area (Å²) in [7, 11) is 0. The van der Waals surface area contributed by atoms with E-state index in [1.165, 1.54) is 0 Å². The maximum atomic E-state index is 10.7. The predicted molar refractivity (Wildman–Crippen MR) is 53.2 cm³/mol. The highest BCUT2D eigenvalue weighted by Gasteiger charge is 2.35. The fourth-order valence-corrected chi connectivity index (χ4v) is 2.91. The molecule has 0 amide bonds. The first-order valence-corrected chi connectivity index (χ1v) is 5.77. The molecule has 0 aliphatic carbocycles. The summed E-state index contributed by atoms with van der Waals surface area (Å²) in [5.41, 5.74) is -0.385. The van der Waals surface area contributed by atoms with Crippen LogP contribution in [0.5, 0.6) is 0 Å². The van der Waals surface area contributed by atoms with Gasteiger partial charge in [-0.15, -0.1) is 0 Å². The molecule has 0 radical (unpaired) electrons. The zero-order valence-electron chi connectivity index (χ0n) is 7.91. The van der Waals surface area contributed by atoms with Gasteiger partial charge in [0.15, 0.2) is 0 Å². The maximum absolute atomic E-state index is 10.7. The molecule has 4 heteroatoms. The molecule has 0 aromatic carbocycles. The van der Waals surface area contributed by atoms with E-state index < -0.39 is 5.97 Å². The molecule has 13 heavy (non-hydrogen) atoms. The first kappa shape index (κ1) is 10.9. The Kier molecular flexibility index (Phi) is 4.06. The van der Waals surface area contributed by atoms with Gasteiger partial charge in [-0.2, -0.15) is 11.8 Å². The summed E-state index contributed by atoms with van der Waals surface area (Å²) < 4.78 is 5.58. The molecule has 1 aliphatic heterocycles. The lowest BCUT2D eigenvalue weighted by molar-refractivity contribution is -0.144. The molecule has 0 aromatic rings. The Morgan fingerprint density at radius 2 is 2.46 bits per heavy atom. The summed E-state index contributed by atoms with van der Waals surface area (Å²) in [6, 6.07) is 0. The van der Waals surface area contributed by atoms with Gasteiger partial charge in [0.1, 0.15) is 0 Å². The van der Waals surface area contributed by atoms with E-state index in [4.69, 9.17) is 9.84 Å². The average Bonchev–Trinajstić information content (AvgIpc) is 2.04. The lowest BCUT2D eigenvalue weighted by atomic mass is 9.95. The van der Waals surface area contributed by atoms with Crippen LogP contribution < -0.4 is 0 Å². The van der Waals surface area contributed by atoms with E-state index >= 15 is 0 Å². The molecule has 0 bridgehead atoms. The fourth-order valence-electron chi connectivity index (χ4n) is 1.71. The van der Waals surface area contributed by atoms with Crippen molar-refractivity contribution in [3.05, 3.63) is 0 Å². The summed E-state index contributed by atoms with van der Waals surface area (Å²) in [5.74, 6) is 1.21. The van der Waals surface area contributed by atoms with Gasteiger partial charge in [-0.3, -0.25) is 4.79 Å². The third-order valence-corrected chi connectivity index (χ3v) is 3.52. The van der Waals surface area contributed by atoms with Crippen LogP contribution in [0.25, 0.3) is 0 Å². The average molecular weight is 204 g/mol. The van der Waals surface area contributed by atoms with E-state index in [1.807, 2.05) is 6.92 Å². The largest absolute Gasteiger partial charge is 0.481 e. The van der Waals surface area contributed by atoms with Gasteiger partial charge in [0.05, 0.1) is 12.0 Å². The van der Waals surface area contributed by atoms with Crippen molar-refractivity contribution < 1.29 is 14.6 Å². The number of hydrogen-bond donors (Lipinski definition) is 1. The number of thioether (sulfide) groups is 1. The lowest BCUT2D eigenvalue weighted by Crippen LogP contribution is -2.40. The second-order valence-corrected chi connectivity index (χ2v) is 4.45. The van der Waals surface area contributed by atoms with Crippen LogP contribution in [-0.4, -0.2) is 34.8 Å². The van der Waals surface area contributed by atoms with Gasteiger partial charge in [0.2, 0.25) is 0 Å². The molecular weight excluding hydrogens is 188 g/mol. The summed E-state index contributed by atoms with van der Waals surface area (Å²) >= 11 is 1.80. The molecule has 1 saturated heterocycles.